The number of hydrogen-bond acceptors (Lipinski definition) is 3. The number of carbonyl (C=O) groups excluding carboxylic acids is 1. The van der Waals surface area contributed by atoms with E-state index in [4.69, 9.17) is 6.57 Å². The number of carbonyl (C=O) groups is 1. The molecule has 2 amide bonds. The average molecular weight is 365 g/mol. The second kappa shape index (κ2) is 6.61. The van der Waals surface area contributed by atoms with E-state index in [1.165, 1.54) is 28.1 Å². The molecule has 0 unspecified atom stereocenters. The van der Waals surface area contributed by atoms with Crippen molar-refractivity contribution < 1.29 is 13.6 Å². The summed E-state index contributed by atoms with van der Waals surface area (Å²) in [7, 11) is 0. The summed E-state index contributed by atoms with van der Waals surface area (Å²) in [5, 5.41) is 1.66. The van der Waals surface area contributed by atoms with Gasteiger partial charge in [0.25, 0.3) is 6.43 Å². The Morgan fingerprint density at radius 2 is 1.96 bits per heavy atom. The summed E-state index contributed by atoms with van der Waals surface area (Å²) in [4.78, 5) is 27.3. The van der Waals surface area contributed by atoms with Gasteiger partial charge in [-0.25, -0.2) is 25.0 Å². The van der Waals surface area contributed by atoms with Crippen LogP contribution in [0.2, 0.25) is 0 Å². The third-order valence-corrected chi connectivity index (χ3v) is 4.44. The molecule has 27 heavy (non-hydrogen) atoms. The van der Waals surface area contributed by atoms with Crippen LogP contribution in [0, 0.1) is 6.57 Å². The Balaban J connectivity index is 1.74. The molecular formula is C19H13F2N5O. The van der Waals surface area contributed by atoms with Crippen molar-refractivity contribution in [3.8, 4) is 0 Å². The van der Waals surface area contributed by atoms with Crippen LogP contribution in [-0.2, 0) is 0 Å². The van der Waals surface area contributed by atoms with Gasteiger partial charge in [-0.3, -0.25) is 19.7 Å². The van der Waals surface area contributed by atoms with E-state index in [2.05, 4.69) is 14.8 Å². The SMILES string of the molecule is [C-]#[N+][C@H]1CN(c2ccc(C(F)F)nc2)C(=O)N1c1cncc2ccccc12. The largest absolute Gasteiger partial charge is 0.335 e. The minimum atomic E-state index is -2.68. The molecule has 0 aliphatic carbocycles. The molecule has 3 aromatic rings. The van der Waals surface area contributed by atoms with Crippen LogP contribution >= 0.6 is 0 Å². The zero-order chi connectivity index (χ0) is 19.0. The Hall–Kier alpha value is -3.60. The van der Waals surface area contributed by atoms with Gasteiger partial charge in [0.1, 0.15) is 12.2 Å². The highest BCUT2D eigenvalue weighted by Gasteiger charge is 2.44. The van der Waals surface area contributed by atoms with Crippen LogP contribution < -0.4 is 9.80 Å². The number of rotatable bonds is 3. The molecule has 1 aliphatic heterocycles. The van der Waals surface area contributed by atoms with Crippen LogP contribution in [-0.4, -0.2) is 28.7 Å². The van der Waals surface area contributed by atoms with Crippen LogP contribution in [0.3, 0.4) is 0 Å². The van der Waals surface area contributed by atoms with Gasteiger partial charge in [-0.05, 0) is 12.1 Å². The monoisotopic (exact) mass is 365 g/mol. The van der Waals surface area contributed by atoms with Crippen molar-refractivity contribution in [1.82, 2.24) is 9.97 Å². The van der Waals surface area contributed by atoms with E-state index in [9.17, 15) is 13.6 Å². The molecule has 0 bridgehead atoms. The van der Waals surface area contributed by atoms with Crippen LogP contribution in [0.15, 0.2) is 55.0 Å². The second-order valence-electron chi connectivity index (χ2n) is 5.99. The Morgan fingerprint density at radius 1 is 1.15 bits per heavy atom. The van der Waals surface area contributed by atoms with E-state index in [1.807, 2.05) is 24.3 Å². The molecule has 2 aromatic heterocycles. The number of aromatic nitrogens is 2. The van der Waals surface area contributed by atoms with Crippen molar-refractivity contribution in [2.75, 3.05) is 16.3 Å². The zero-order valence-electron chi connectivity index (χ0n) is 14.0. The minimum Gasteiger partial charge on any atom is -0.287 e. The highest BCUT2D eigenvalue weighted by atomic mass is 19.3. The maximum Gasteiger partial charge on any atom is 0.335 e. The lowest BCUT2D eigenvalue weighted by molar-refractivity contribution is 0.146. The molecule has 1 saturated heterocycles. The molecule has 1 fully saturated rings. The van der Waals surface area contributed by atoms with Gasteiger partial charge in [-0.1, -0.05) is 24.3 Å². The standard InChI is InChI=1S/C19H13F2N5O/c1-22-17-11-25(13-6-7-15(18(20)21)24-9-13)19(27)26(17)16-10-23-8-12-4-2-3-5-14(12)16/h2-10,17-18H,11H2/t17-/m1/s1. The van der Waals surface area contributed by atoms with Crippen LogP contribution in [0.4, 0.5) is 25.0 Å². The molecule has 1 aromatic carbocycles. The highest BCUT2D eigenvalue weighted by Crippen LogP contribution is 2.33. The molecule has 6 nitrogen and oxygen atoms in total. The van der Waals surface area contributed by atoms with Gasteiger partial charge >= 0.3 is 12.2 Å². The smallest absolute Gasteiger partial charge is 0.287 e. The maximum atomic E-state index is 13.0. The number of benzene rings is 1. The van der Waals surface area contributed by atoms with Gasteiger partial charge in [-0.15, -0.1) is 0 Å². The molecule has 0 saturated carbocycles. The number of amides is 2. The van der Waals surface area contributed by atoms with Crippen molar-refractivity contribution in [2.45, 2.75) is 12.6 Å². The molecule has 3 heterocycles. The Kier molecular flexibility index (Phi) is 4.12. The first kappa shape index (κ1) is 16.8. The summed E-state index contributed by atoms with van der Waals surface area (Å²) in [5.74, 6) is 0. The fourth-order valence-electron chi connectivity index (χ4n) is 3.14. The second-order valence-corrected chi connectivity index (χ2v) is 5.99. The molecule has 8 heteroatoms. The molecule has 1 atom stereocenters. The van der Waals surface area contributed by atoms with Crippen LogP contribution in [0.25, 0.3) is 15.6 Å². The lowest BCUT2D eigenvalue weighted by atomic mass is 10.1. The van der Waals surface area contributed by atoms with E-state index in [-0.39, 0.29) is 12.2 Å². The van der Waals surface area contributed by atoms with Crippen molar-refractivity contribution in [3.63, 3.8) is 0 Å². The number of halogens is 2. The summed E-state index contributed by atoms with van der Waals surface area (Å²) >= 11 is 0. The summed E-state index contributed by atoms with van der Waals surface area (Å²) < 4.78 is 25.4. The number of anilines is 2. The predicted molar refractivity (Wildman–Crippen MR) is 96.5 cm³/mol. The van der Waals surface area contributed by atoms with E-state index >= 15 is 0 Å². The quantitative estimate of drug-likeness (QED) is 0.652. The highest BCUT2D eigenvalue weighted by molar-refractivity contribution is 6.11. The van der Waals surface area contributed by atoms with Gasteiger partial charge in [-0.2, -0.15) is 0 Å². The summed E-state index contributed by atoms with van der Waals surface area (Å²) in [6.07, 6.45) is 1.05. The molecule has 0 N–H and O–H groups in total. The number of hydrogen-bond donors (Lipinski definition) is 0. The minimum absolute atomic E-state index is 0.112. The Morgan fingerprint density at radius 3 is 2.67 bits per heavy atom. The molecule has 1 aliphatic rings. The van der Waals surface area contributed by atoms with Crippen LogP contribution in [0.1, 0.15) is 12.1 Å². The lowest BCUT2D eigenvalue weighted by Gasteiger charge is -2.18. The van der Waals surface area contributed by atoms with E-state index in [1.54, 1.807) is 12.4 Å². The topological polar surface area (TPSA) is 53.7 Å². The first-order valence-electron chi connectivity index (χ1n) is 8.14. The summed E-state index contributed by atoms with van der Waals surface area (Å²) in [6.45, 7) is 7.60. The van der Waals surface area contributed by atoms with Crippen molar-refractivity contribution in [2.24, 2.45) is 0 Å². The number of pyridine rings is 2. The van der Waals surface area contributed by atoms with E-state index in [0.29, 0.717) is 11.4 Å². The third-order valence-electron chi connectivity index (χ3n) is 4.44. The predicted octanol–water partition coefficient (Wildman–Crippen LogP) is 4.26. The number of fused-ring (bicyclic) bond motifs is 1. The summed E-state index contributed by atoms with van der Waals surface area (Å²) in [5.41, 5.74) is 0.551. The van der Waals surface area contributed by atoms with E-state index < -0.39 is 18.6 Å². The lowest BCUT2D eigenvalue weighted by Crippen LogP contribution is -2.34. The normalized spacial score (nSPS) is 17.0. The first-order chi connectivity index (χ1) is 13.1. The fraction of sp³-hybridized carbons (Fsp3) is 0.158. The van der Waals surface area contributed by atoms with Crippen molar-refractivity contribution >= 4 is 28.2 Å². The van der Waals surface area contributed by atoms with Gasteiger partial charge in [0.2, 0.25) is 0 Å². The van der Waals surface area contributed by atoms with Crippen molar-refractivity contribution in [3.05, 3.63) is 72.1 Å². The number of alkyl halides is 2. The molecular weight excluding hydrogens is 352 g/mol. The van der Waals surface area contributed by atoms with Gasteiger partial charge in [0.05, 0.1) is 23.8 Å². The zero-order valence-corrected chi connectivity index (χ0v) is 14.0. The first-order valence-corrected chi connectivity index (χ1v) is 8.14. The summed E-state index contributed by atoms with van der Waals surface area (Å²) in [6, 6.07) is 9.64. The molecule has 0 spiro atoms. The maximum absolute atomic E-state index is 13.0. The van der Waals surface area contributed by atoms with Gasteiger partial charge < -0.3 is 0 Å². The van der Waals surface area contributed by atoms with E-state index in [0.717, 1.165) is 10.8 Å². The number of nitrogens with zero attached hydrogens (tertiary/aromatic N) is 5. The molecule has 0 radical (unpaired) electrons. The van der Waals surface area contributed by atoms with Crippen molar-refractivity contribution in [1.29, 1.82) is 0 Å². The third kappa shape index (κ3) is 2.83. The average Bonchev–Trinajstić information content (AvgIpc) is 3.03. The fourth-order valence-corrected chi connectivity index (χ4v) is 3.14. The van der Waals surface area contributed by atoms with Gasteiger partial charge in [0.15, 0.2) is 0 Å². The van der Waals surface area contributed by atoms with Gasteiger partial charge in [0, 0.05) is 17.0 Å². The Labute approximate surface area is 153 Å². The number of urea groups is 1. The molecule has 4 rings (SSSR count). The Bertz CT molecular complexity index is 1040. The molecule has 134 valence electrons. The van der Waals surface area contributed by atoms with Crippen LogP contribution in [0.5, 0.6) is 0 Å².